The Morgan fingerprint density at radius 1 is 0.273 bits per heavy atom. The highest BCUT2D eigenvalue weighted by Crippen LogP contribution is 2.40. The first-order chi connectivity index (χ1) is 27.2. The van der Waals surface area contributed by atoms with Crippen molar-refractivity contribution < 1.29 is 4.42 Å². The number of hydrogen-bond donors (Lipinski definition) is 0. The summed E-state index contributed by atoms with van der Waals surface area (Å²) in [7, 11) is 0. The molecule has 258 valence electrons. The van der Waals surface area contributed by atoms with Crippen LogP contribution in [0.25, 0.3) is 101 Å². The molecule has 0 aliphatic rings. The van der Waals surface area contributed by atoms with Crippen LogP contribution in [0.15, 0.2) is 205 Å². The SMILES string of the molecule is c1ccc(-c2ccc(-c3nc(-c4ccccc4)nc(-c4ccc5oc6cccc(-c7cccc(-c8cccc(-c9ccccc9)c8)c7)c6c5c4)n3)cc2)cc1. The van der Waals surface area contributed by atoms with Crippen molar-refractivity contribution in [2.75, 3.05) is 0 Å². The van der Waals surface area contributed by atoms with Gasteiger partial charge in [0.05, 0.1) is 0 Å². The Bertz CT molecular complexity index is 2950. The number of fused-ring (bicyclic) bond motifs is 3. The second kappa shape index (κ2) is 13.8. The molecule has 0 radical (unpaired) electrons. The first-order valence-electron chi connectivity index (χ1n) is 18.4. The van der Waals surface area contributed by atoms with E-state index in [2.05, 4.69) is 146 Å². The summed E-state index contributed by atoms with van der Waals surface area (Å²) in [6, 6.07) is 69.4. The number of nitrogens with zero attached hydrogens (tertiary/aromatic N) is 3. The molecule has 55 heavy (non-hydrogen) atoms. The Labute approximate surface area is 319 Å². The van der Waals surface area contributed by atoms with E-state index in [0.717, 1.165) is 60.9 Å². The van der Waals surface area contributed by atoms with Crippen molar-refractivity contribution in [1.82, 2.24) is 15.0 Å². The predicted octanol–water partition coefficient (Wildman–Crippen LogP) is 13.4. The summed E-state index contributed by atoms with van der Waals surface area (Å²) < 4.78 is 6.47. The summed E-state index contributed by atoms with van der Waals surface area (Å²) in [5, 5.41) is 2.07. The topological polar surface area (TPSA) is 51.8 Å². The van der Waals surface area contributed by atoms with Crippen LogP contribution in [0.5, 0.6) is 0 Å². The summed E-state index contributed by atoms with van der Waals surface area (Å²) >= 11 is 0. The van der Waals surface area contributed by atoms with E-state index in [4.69, 9.17) is 19.4 Å². The Morgan fingerprint density at radius 3 is 1.33 bits per heavy atom. The molecule has 10 rings (SSSR count). The van der Waals surface area contributed by atoms with E-state index >= 15 is 0 Å². The number of hydrogen-bond acceptors (Lipinski definition) is 4. The maximum atomic E-state index is 6.47. The lowest BCUT2D eigenvalue weighted by molar-refractivity contribution is 0.669. The molecule has 2 heterocycles. The van der Waals surface area contributed by atoms with Crippen LogP contribution < -0.4 is 0 Å². The monoisotopic (exact) mass is 703 g/mol. The maximum absolute atomic E-state index is 6.47. The standard InChI is InChI=1S/C51H33N3O/c1-4-13-34(14-5-1)36-25-27-38(28-26-36)50-52-49(37-17-8-3-9-18-37)53-51(54-50)43-29-30-46-45(33-43)48-44(23-12-24-47(48)55-46)42-22-11-21-41(32-42)40-20-10-19-39(31-40)35-15-6-2-7-16-35/h1-33H. The van der Waals surface area contributed by atoms with Gasteiger partial charge in [-0.15, -0.1) is 0 Å². The van der Waals surface area contributed by atoms with Crippen molar-refractivity contribution in [2.45, 2.75) is 0 Å². The minimum Gasteiger partial charge on any atom is -0.456 e. The third-order valence-corrected chi connectivity index (χ3v) is 10.1. The Balaban J connectivity index is 1.08. The van der Waals surface area contributed by atoms with Gasteiger partial charge in [0.2, 0.25) is 0 Å². The zero-order valence-corrected chi connectivity index (χ0v) is 29.8. The van der Waals surface area contributed by atoms with E-state index in [0.29, 0.717) is 17.5 Å². The fraction of sp³-hybridized carbons (Fsp3) is 0. The van der Waals surface area contributed by atoms with Crippen molar-refractivity contribution in [3.63, 3.8) is 0 Å². The van der Waals surface area contributed by atoms with Crippen molar-refractivity contribution in [3.05, 3.63) is 200 Å². The minimum absolute atomic E-state index is 0.602. The number of rotatable bonds is 7. The molecular weight excluding hydrogens is 671 g/mol. The van der Waals surface area contributed by atoms with E-state index in [1.54, 1.807) is 0 Å². The lowest BCUT2D eigenvalue weighted by atomic mass is 9.94. The summed E-state index contributed by atoms with van der Waals surface area (Å²) in [5.41, 5.74) is 13.6. The molecule has 0 bridgehead atoms. The second-order valence-electron chi connectivity index (χ2n) is 13.6. The van der Waals surface area contributed by atoms with Crippen LogP contribution >= 0.6 is 0 Å². The predicted molar refractivity (Wildman–Crippen MR) is 225 cm³/mol. The van der Waals surface area contributed by atoms with Crippen LogP contribution in [-0.2, 0) is 0 Å². The van der Waals surface area contributed by atoms with Gasteiger partial charge in [-0.05, 0) is 80.9 Å². The molecule has 0 aliphatic carbocycles. The Morgan fingerprint density at radius 2 is 0.691 bits per heavy atom. The van der Waals surface area contributed by atoms with Crippen LogP contribution in [0.4, 0.5) is 0 Å². The van der Waals surface area contributed by atoms with Gasteiger partial charge in [-0.3, -0.25) is 0 Å². The lowest BCUT2D eigenvalue weighted by Gasteiger charge is -2.10. The van der Waals surface area contributed by atoms with E-state index in [9.17, 15) is 0 Å². The van der Waals surface area contributed by atoms with E-state index in [-0.39, 0.29) is 0 Å². The normalized spacial score (nSPS) is 11.3. The van der Waals surface area contributed by atoms with Gasteiger partial charge < -0.3 is 4.42 Å². The smallest absolute Gasteiger partial charge is 0.164 e. The van der Waals surface area contributed by atoms with Crippen molar-refractivity contribution >= 4 is 21.9 Å². The third-order valence-electron chi connectivity index (χ3n) is 10.1. The van der Waals surface area contributed by atoms with Crippen LogP contribution in [0.3, 0.4) is 0 Å². The van der Waals surface area contributed by atoms with E-state index in [1.165, 1.54) is 22.3 Å². The second-order valence-corrected chi connectivity index (χ2v) is 13.6. The first kappa shape index (κ1) is 32.2. The largest absolute Gasteiger partial charge is 0.456 e. The molecule has 0 unspecified atom stereocenters. The molecule has 0 amide bonds. The molecule has 0 spiro atoms. The highest BCUT2D eigenvalue weighted by atomic mass is 16.3. The fourth-order valence-electron chi connectivity index (χ4n) is 7.37. The molecule has 10 aromatic rings. The average Bonchev–Trinajstić information content (AvgIpc) is 3.66. The first-order valence-corrected chi connectivity index (χ1v) is 18.4. The van der Waals surface area contributed by atoms with Crippen LogP contribution in [0, 0.1) is 0 Å². The van der Waals surface area contributed by atoms with Gasteiger partial charge in [0, 0.05) is 27.5 Å². The summed E-state index contributed by atoms with van der Waals surface area (Å²) in [6.45, 7) is 0. The Hall–Kier alpha value is -7.43. The molecule has 0 aliphatic heterocycles. The minimum atomic E-state index is 0.602. The van der Waals surface area contributed by atoms with Gasteiger partial charge in [0.15, 0.2) is 17.5 Å². The van der Waals surface area contributed by atoms with Crippen LogP contribution in [0.1, 0.15) is 0 Å². The van der Waals surface area contributed by atoms with Gasteiger partial charge in [-0.1, -0.05) is 164 Å². The molecule has 2 aromatic heterocycles. The molecule has 4 heteroatoms. The average molecular weight is 704 g/mol. The van der Waals surface area contributed by atoms with Crippen molar-refractivity contribution in [2.24, 2.45) is 0 Å². The van der Waals surface area contributed by atoms with E-state index in [1.807, 2.05) is 54.6 Å². The van der Waals surface area contributed by atoms with Gasteiger partial charge >= 0.3 is 0 Å². The summed E-state index contributed by atoms with van der Waals surface area (Å²) in [4.78, 5) is 15.1. The quantitative estimate of drug-likeness (QED) is 0.166. The molecule has 0 N–H and O–H groups in total. The van der Waals surface area contributed by atoms with Crippen molar-refractivity contribution in [1.29, 1.82) is 0 Å². The van der Waals surface area contributed by atoms with Gasteiger partial charge in [-0.25, -0.2) is 15.0 Å². The fourth-order valence-corrected chi connectivity index (χ4v) is 7.37. The lowest BCUT2D eigenvalue weighted by Crippen LogP contribution is -2.00. The van der Waals surface area contributed by atoms with Gasteiger partial charge in [0.25, 0.3) is 0 Å². The molecule has 0 fully saturated rings. The van der Waals surface area contributed by atoms with E-state index < -0.39 is 0 Å². The molecule has 0 saturated carbocycles. The molecule has 0 saturated heterocycles. The molecular formula is C51H33N3O. The zero-order chi connectivity index (χ0) is 36.6. The summed E-state index contributed by atoms with van der Waals surface area (Å²) in [6.07, 6.45) is 0. The van der Waals surface area contributed by atoms with Crippen molar-refractivity contribution in [3.8, 4) is 78.7 Å². The number of furan rings is 1. The molecule has 4 nitrogen and oxygen atoms in total. The highest BCUT2D eigenvalue weighted by molar-refractivity contribution is 6.13. The van der Waals surface area contributed by atoms with Gasteiger partial charge in [0.1, 0.15) is 11.2 Å². The van der Waals surface area contributed by atoms with Gasteiger partial charge in [-0.2, -0.15) is 0 Å². The molecule has 0 atom stereocenters. The third kappa shape index (κ3) is 6.26. The Kier molecular flexibility index (Phi) is 8.12. The molecule has 8 aromatic carbocycles. The zero-order valence-electron chi connectivity index (χ0n) is 29.8. The highest BCUT2D eigenvalue weighted by Gasteiger charge is 2.17. The van der Waals surface area contributed by atoms with Crippen LogP contribution in [-0.4, -0.2) is 15.0 Å². The summed E-state index contributed by atoms with van der Waals surface area (Å²) in [5.74, 6) is 1.85. The number of aromatic nitrogens is 3. The maximum Gasteiger partial charge on any atom is 0.164 e. The number of benzene rings is 8. The van der Waals surface area contributed by atoms with Crippen LogP contribution in [0.2, 0.25) is 0 Å².